The van der Waals surface area contributed by atoms with Gasteiger partial charge in [0.05, 0.1) is 6.04 Å². The van der Waals surface area contributed by atoms with Crippen LogP contribution in [0.4, 0.5) is 0 Å². The number of rotatable bonds is 6. The maximum Gasteiger partial charge on any atom is 0.222 e. The Kier molecular flexibility index (Phi) is 6.66. The van der Waals surface area contributed by atoms with Crippen molar-refractivity contribution in [1.82, 2.24) is 15.8 Å². The Hall–Kier alpha value is -0.260. The van der Waals surface area contributed by atoms with E-state index in [0.717, 1.165) is 44.3 Å². The van der Waals surface area contributed by atoms with Crippen LogP contribution in [0.2, 0.25) is 0 Å². The molecule has 0 aromatic carbocycles. The Bertz CT molecular complexity index is 372. The van der Waals surface area contributed by atoms with Crippen LogP contribution in [-0.2, 0) is 4.79 Å². The van der Waals surface area contributed by atoms with Gasteiger partial charge >= 0.3 is 0 Å². The molecule has 1 aliphatic carbocycles. The van der Waals surface area contributed by atoms with E-state index in [9.17, 15) is 4.79 Å². The highest BCUT2D eigenvalue weighted by molar-refractivity contribution is 8.00. The Morgan fingerprint density at radius 3 is 2.52 bits per heavy atom. The average molecular weight is 340 g/mol. The number of hydrogen-bond donors (Lipinski definition) is 2. The van der Waals surface area contributed by atoms with Crippen molar-refractivity contribution in [2.75, 3.05) is 25.4 Å². The second kappa shape index (κ2) is 8.72. The lowest BCUT2D eigenvalue weighted by Gasteiger charge is -2.32. The first-order valence-electron chi connectivity index (χ1n) is 9.59. The van der Waals surface area contributed by atoms with Crippen LogP contribution in [0.25, 0.3) is 0 Å². The molecule has 132 valence electrons. The predicted molar refractivity (Wildman–Crippen MR) is 97.3 cm³/mol. The molecular weight excluding hydrogens is 306 g/mol. The zero-order valence-electron chi connectivity index (χ0n) is 14.6. The van der Waals surface area contributed by atoms with Gasteiger partial charge in [0.15, 0.2) is 0 Å². The molecule has 23 heavy (non-hydrogen) atoms. The number of amides is 1. The van der Waals surface area contributed by atoms with Crippen LogP contribution < -0.4 is 10.9 Å². The van der Waals surface area contributed by atoms with Gasteiger partial charge in [-0.25, -0.2) is 0 Å². The lowest BCUT2D eigenvalue weighted by atomic mass is 9.81. The summed E-state index contributed by atoms with van der Waals surface area (Å²) in [5, 5.41) is 0.662. The Labute approximate surface area is 145 Å². The van der Waals surface area contributed by atoms with Crippen LogP contribution in [0.3, 0.4) is 0 Å². The number of hydrazine groups is 1. The number of carbonyl (C=O) groups is 1. The topological polar surface area (TPSA) is 44.4 Å². The lowest BCUT2D eigenvalue weighted by molar-refractivity contribution is -0.133. The molecule has 0 aromatic heterocycles. The standard InChI is InChI=1S/C18H33N3OS/c1-14-4-6-15(7-5-14)8-9-18(22)21(16-11-19-20-12-16)13-17-3-2-10-23-17/h14-17,19-20H,2-13H2,1H3. The monoisotopic (exact) mass is 339 g/mol. The zero-order valence-corrected chi connectivity index (χ0v) is 15.4. The van der Waals surface area contributed by atoms with E-state index in [0.29, 0.717) is 17.2 Å². The number of nitrogens with zero attached hydrogens (tertiary/aromatic N) is 1. The van der Waals surface area contributed by atoms with Gasteiger partial charge in [-0.05, 0) is 36.9 Å². The van der Waals surface area contributed by atoms with E-state index in [2.05, 4.69) is 34.4 Å². The molecule has 1 amide bonds. The Balaban J connectivity index is 1.49. The highest BCUT2D eigenvalue weighted by Crippen LogP contribution is 2.32. The molecule has 5 heteroatoms. The van der Waals surface area contributed by atoms with Crippen LogP contribution in [-0.4, -0.2) is 47.5 Å². The molecule has 2 saturated heterocycles. The first-order chi connectivity index (χ1) is 11.2. The maximum absolute atomic E-state index is 12.9. The minimum absolute atomic E-state index is 0.343. The van der Waals surface area contributed by atoms with Gasteiger partial charge in [-0.1, -0.05) is 32.6 Å². The van der Waals surface area contributed by atoms with Crippen molar-refractivity contribution in [2.24, 2.45) is 11.8 Å². The van der Waals surface area contributed by atoms with Crippen molar-refractivity contribution < 1.29 is 4.79 Å². The molecular formula is C18H33N3OS. The van der Waals surface area contributed by atoms with Crippen molar-refractivity contribution in [3.63, 3.8) is 0 Å². The van der Waals surface area contributed by atoms with Gasteiger partial charge in [0.1, 0.15) is 0 Å². The third-order valence-corrected chi connectivity index (χ3v) is 7.27. The zero-order chi connectivity index (χ0) is 16.1. The fraction of sp³-hybridized carbons (Fsp3) is 0.944. The van der Waals surface area contributed by atoms with Crippen LogP contribution in [0.5, 0.6) is 0 Å². The Morgan fingerprint density at radius 1 is 1.13 bits per heavy atom. The summed E-state index contributed by atoms with van der Waals surface area (Å²) in [4.78, 5) is 15.1. The molecule has 3 rings (SSSR count). The van der Waals surface area contributed by atoms with E-state index in [1.165, 1.54) is 44.3 Å². The summed E-state index contributed by atoms with van der Waals surface area (Å²) in [6.07, 6.45) is 9.84. The third-order valence-electron chi connectivity index (χ3n) is 5.89. The molecule has 3 fully saturated rings. The summed E-state index contributed by atoms with van der Waals surface area (Å²) in [6, 6.07) is 0.343. The molecule has 2 aliphatic heterocycles. The van der Waals surface area contributed by atoms with Gasteiger partial charge in [-0.3, -0.25) is 15.6 Å². The van der Waals surface area contributed by atoms with E-state index in [1.54, 1.807) is 0 Å². The van der Waals surface area contributed by atoms with Crippen LogP contribution in [0.15, 0.2) is 0 Å². The third kappa shape index (κ3) is 5.10. The minimum Gasteiger partial charge on any atom is -0.336 e. The SMILES string of the molecule is CC1CCC(CCC(=O)N(CC2CCCS2)C2CNNC2)CC1. The fourth-order valence-corrected chi connectivity index (χ4v) is 5.49. The molecule has 2 N–H and O–H groups in total. The first-order valence-corrected chi connectivity index (χ1v) is 10.6. The average Bonchev–Trinajstić information content (AvgIpc) is 3.25. The first kappa shape index (κ1) is 17.6. The van der Waals surface area contributed by atoms with Gasteiger partial charge in [0, 0.05) is 31.3 Å². The van der Waals surface area contributed by atoms with Crippen molar-refractivity contribution >= 4 is 17.7 Å². The number of thioether (sulfide) groups is 1. The minimum atomic E-state index is 0.343. The quantitative estimate of drug-likeness (QED) is 0.781. The highest BCUT2D eigenvalue weighted by Gasteiger charge is 2.30. The fourth-order valence-electron chi connectivity index (χ4n) is 4.22. The molecule has 1 saturated carbocycles. The van der Waals surface area contributed by atoms with Gasteiger partial charge < -0.3 is 4.90 Å². The molecule has 0 aromatic rings. The van der Waals surface area contributed by atoms with Crippen LogP contribution in [0.1, 0.15) is 58.3 Å². The molecule has 0 spiro atoms. The second-order valence-corrected chi connectivity index (χ2v) is 9.17. The predicted octanol–water partition coefficient (Wildman–Crippen LogP) is 2.79. The summed E-state index contributed by atoms with van der Waals surface area (Å²) in [6.45, 7) is 5.11. The summed E-state index contributed by atoms with van der Waals surface area (Å²) >= 11 is 2.06. The van der Waals surface area contributed by atoms with E-state index < -0.39 is 0 Å². The number of nitrogens with one attached hydrogen (secondary N) is 2. The lowest BCUT2D eigenvalue weighted by Crippen LogP contribution is -2.46. The number of hydrogen-bond acceptors (Lipinski definition) is 4. The molecule has 0 radical (unpaired) electrons. The van der Waals surface area contributed by atoms with Gasteiger partial charge in [-0.15, -0.1) is 0 Å². The van der Waals surface area contributed by atoms with E-state index in [-0.39, 0.29) is 0 Å². The van der Waals surface area contributed by atoms with Crippen molar-refractivity contribution in [2.45, 2.75) is 69.6 Å². The van der Waals surface area contributed by atoms with Crippen LogP contribution >= 0.6 is 11.8 Å². The summed E-state index contributed by atoms with van der Waals surface area (Å²) in [7, 11) is 0. The molecule has 4 nitrogen and oxygen atoms in total. The molecule has 3 aliphatic rings. The molecule has 1 unspecified atom stereocenters. The normalized spacial score (nSPS) is 32.3. The molecule has 2 heterocycles. The van der Waals surface area contributed by atoms with Gasteiger partial charge in [0.2, 0.25) is 5.91 Å². The van der Waals surface area contributed by atoms with Crippen molar-refractivity contribution in [1.29, 1.82) is 0 Å². The molecule has 0 bridgehead atoms. The van der Waals surface area contributed by atoms with Crippen LogP contribution in [0, 0.1) is 11.8 Å². The summed E-state index contributed by atoms with van der Waals surface area (Å²) in [5.74, 6) is 3.35. The summed E-state index contributed by atoms with van der Waals surface area (Å²) < 4.78 is 0. The van der Waals surface area contributed by atoms with E-state index in [4.69, 9.17) is 0 Å². The van der Waals surface area contributed by atoms with Crippen molar-refractivity contribution in [3.8, 4) is 0 Å². The Morgan fingerprint density at radius 2 is 1.87 bits per heavy atom. The maximum atomic E-state index is 12.9. The molecule has 1 atom stereocenters. The van der Waals surface area contributed by atoms with E-state index in [1.807, 2.05) is 0 Å². The summed E-state index contributed by atoms with van der Waals surface area (Å²) in [5.41, 5.74) is 6.38. The number of carbonyl (C=O) groups excluding carboxylic acids is 1. The van der Waals surface area contributed by atoms with Gasteiger partial charge in [-0.2, -0.15) is 11.8 Å². The van der Waals surface area contributed by atoms with Gasteiger partial charge in [0.25, 0.3) is 0 Å². The largest absolute Gasteiger partial charge is 0.336 e. The smallest absolute Gasteiger partial charge is 0.222 e. The van der Waals surface area contributed by atoms with E-state index >= 15 is 0 Å². The highest BCUT2D eigenvalue weighted by atomic mass is 32.2. The van der Waals surface area contributed by atoms with Crippen molar-refractivity contribution in [3.05, 3.63) is 0 Å². The second-order valence-electron chi connectivity index (χ2n) is 7.76.